The van der Waals surface area contributed by atoms with Crippen LogP contribution in [0.25, 0.3) is 6.08 Å². The smallest absolute Gasteiger partial charge is 0.248 e. The van der Waals surface area contributed by atoms with Crippen molar-refractivity contribution in [2.75, 3.05) is 26.6 Å². The Morgan fingerprint density at radius 3 is 2.14 bits per heavy atom. The predicted molar refractivity (Wildman–Crippen MR) is 111 cm³/mol. The molecule has 0 aliphatic carbocycles. The summed E-state index contributed by atoms with van der Waals surface area (Å²) in [4.78, 5) is 12.3. The van der Waals surface area contributed by atoms with E-state index in [0.29, 0.717) is 28.7 Å². The van der Waals surface area contributed by atoms with Gasteiger partial charge in [0.05, 0.1) is 27.4 Å². The van der Waals surface area contributed by atoms with Crippen LogP contribution in [0.4, 0.5) is 5.69 Å². The molecule has 0 radical (unpaired) electrons. The summed E-state index contributed by atoms with van der Waals surface area (Å²) in [6.45, 7) is 5.79. The molecule has 28 heavy (non-hydrogen) atoms. The Hall–Kier alpha value is -3.15. The highest BCUT2D eigenvalue weighted by molar-refractivity contribution is 6.02. The van der Waals surface area contributed by atoms with Gasteiger partial charge in [-0.25, -0.2) is 0 Å². The third-order valence-corrected chi connectivity index (χ3v) is 3.97. The molecule has 2 aromatic carbocycles. The first-order valence-electron chi connectivity index (χ1n) is 8.94. The molecule has 150 valence electrons. The summed E-state index contributed by atoms with van der Waals surface area (Å²) in [5.41, 5.74) is 2.36. The van der Waals surface area contributed by atoms with Gasteiger partial charge in [-0.1, -0.05) is 6.07 Å². The zero-order valence-electron chi connectivity index (χ0n) is 17.2. The number of carbonyl (C=O) groups is 1. The van der Waals surface area contributed by atoms with Crippen LogP contribution in [0, 0.1) is 6.92 Å². The first-order valence-corrected chi connectivity index (χ1v) is 8.94. The number of hydrogen-bond donors (Lipinski definition) is 1. The Morgan fingerprint density at radius 2 is 1.54 bits per heavy atom. The van der Waals surface area contributed by atoms with Crippen LogP contribution in [0.2, 0.25) is 0 Å². The first kappa shape index (κ1) is 21.2. The van der Waals surface area contributed by atoms with Crippen molar-refractivity contribution in [2.24, 2.45) is 0 Å². The number of anilines is 1. The van der Waals surface area contributed by atoms with Crippen molar-refractivity contribution in [1.29, 1.82) is 0 Å². The second-order valence-electron chi connectivity index (χ2n) is 6.42. The lowest BCUT2D eigenvalue weighted by Gasteiger charge is -2.14. The van der Waals surface area contributed by atoms with Crippen LogP contribution in [0.3, 0.4) is 0 Å². The third kappa shape index (κ3) is 5.42. The molecule has 6 nitrogen and oxygen atoms in total. The summed E-state index contributed by atoms with van der Waals surface area (Å²) >= 11 is 0. The number of carbonyl (C=O) groups excluding carboxylic acids is 1. The molecule has 1 N–H and O–H groups in total. The average molecular weight is 385 g/mol. The minimum atomic E-state index is -0.253. The molecule has 0 bridgehead atoms. The fraction of sp³-hybridized carbons (Fsp3) is 0.318. The topological polar surface area (TPSA) is 66.0 Å². The van der Waals surface area contributed by atoms with Crippen molar-refractivity contribution >= 4 is 17.7 Å². The van der Waals surface area contributed by atoms with Crippen LogP contribution >= 0.6 is 0 Å². The molecule has 1 amide bonds. The van der Waals surface area contributed by atoms with E-state index in [0.717, 1.165) is 11.1 Å². The third-order valence-electron chi connectivity index (χ3n) is 3.97. The van der Waals surface area contributed by atoms with E-state index in [4.69, 9.17) is 18.9 Å². The van der Waals surface area contributed by atoms with Crippen molar-refractivity contribution in [3.63, 3.8) is 0 Å². The van der Waals surface area contributed by atoms with Crippen LogP contribution in [-0.4, -0.2) is 33.3 Å². The molecule has 0 aliphatic rings. The molecule has 2 aromatic rings. The maximum absolute atomic E-state index is 12.3. The van der Waals surface area contributed by atoms with Gasteiger partial charge in [0.25, 0.3) is 0 Å². The van der Waals surface area contributed by atoms with E-state index in [1.165, 1.54) is 6.08 Å². The van der Waals surface area contributed by atoms with Gasteiger partial charge in [0.1, 0.15) is 0 Å². The first-order chi connectivity index (χ1) is 13.4. The van der Waals surface area contributed by atoms with Crippen molar-refractivity contribution in [3.8, 4) is 23.0 Å². The summed E-state index contributed by atoms with van der Waals surface area (Å²) in [7, 11) is 4.71. The summed E-state index contributed by atoms with van der Waals surface area (Å²) in [6, 6.07) is 9.07. The van der Waals surface area contributed by atoms with E-state index >= 15 is 0 Å². The van der Waals surface area contributed by atoms with Gasteiger partial charge in [-0.15, -0.1) is 0 Å². The van der Waals surface area contributed by atoms with E-state index in [2.05, 4.69) is 5.32 Å². The minimum Gasteiger partial charge on any atom is -0.493 e. The number of ether oxygens (including phenoxy) is 4. The van der Waals surface area contributed by atoms with Crippen LogP contribution in [0.1, 0.15) is 25.0 Å². The normalized spacial score (nSPS) is 10.8. The van der Waals surface area contributed by atoms with E-state index in [-0.39, 0.29) is 12.0 Å². The Bertz CT molecular complexity index is 858. The number of methoxy groups -OCH3 is 3. The van der Waals surface area contributed by atoms with Crippen molar-refractivity contribution in [1.82, 2.24) is 0 Å². The van der Waals surface area contributed by atoms with E-state index in [9.17, 15) is 4.79 Å². The monoisotopic (exact) mass is 385 g/mol. The molecule has 6 heteroatoms. The second-order valence-corrected chi connectivity index (χ2v) is 6.42. The van der Waals surface area contributed by atoms with Crippen LogP contribution in [-0.2, 0) is 4.79 Å². The van der Waals surface area contributed by atoms with Crippen LogP contribution in [0.15, 0.2) is 36.4 Å². The Kier molecular flexibility index (Phi) is 7.32. The highest BCUT2D eigenvalue weighted by atomic mass is 16.5. The Morgan fingerprint density at radius 1 is 0.929 bits per heavy atom. The molecule has 0 spiro atoms. The minimum absolute atomic E-state index is 0.0470. The standard InChI is InChI=1S/C22H27NO5/c1-14(2)28-18-9-7-16(12-20(18)26-5)8-10-22(24)23-17-13-21(27-6)19(25-4)11-15(17)3/h7-14H,1-6H3,(H,23,24)/b10-8+. The maximum Gasteiger partial charge on any atom is 0.248 e. The van der Waals surface area contributed by atoms with Crippen molar-refractivity contribution in [2.45, 2.75) is 26.9 Å². The van der Waals surface area contributed by atoms with Gasteiger partial charge < -0.3 is 24.3 Å². The fourth-order valence-corrected chi connectivity index (χ4v) is 2.60. The quantitative estimate of drug-likeness (QED) is 0.680. The molecular formula is C22H27NO5. The van der Waals surface area contributed by atoms with Crippen molar-refractivity contribution in [3.05, 3.63) is 47.5 Å². The number of rotatable bonds is 8. The summed E-state index contributed by atoms with van der Waals surface area (Å²) in [6.07, 6.45) is 3.23. The number of nitrogens with one attached hydrogen (secondary N) is 1. The maximum atomic E-state index is 12.3. The fourth-order valence-electron chi connectivity index (χ4n) is 2.60. The Balaban J connectivity index is 2.14. The SMILES string of the molecule is COc1cc(C)c(NC(=O)/C=C/c2ccc(OC(C)C)c(OC)c2)cc1OC. The van der Waals surface area contributed by atoms with Gasteiger partial charge in [-0.3, -0.25) is 4.79 Å². The molecule has 0 saturated heterocycles. The highest BCUT2D eigenvalue weighted by Crippen LogP contribution is 2.33. The summed E-state index contributed by atoms with van der Waals surface area (Å²) in [5.74, 6) is 2.20. The molecule has 2 rings (SSSR count). The molecular weight excluding hydrogens is 358 g/mol. The molecule has 0 saturated carbocycles. The molecule has 0 heterocycles. The van der Waals surface area contributed by atoms with E-state index in [1.54, 1.807) is 33.5 Å². The molecule has 0 aliphatic heterocycles. The molecule has 0 unspecified atom stereocenters. The van der Waals surface area contributed by atoms with Gasteiger partial charge >= 0.3 is 0 Å². The lowest BCUT2D eigenvalue weighted by molar-refractivity contribution is -0.111. The van der Waals surface area contributed by atoms with Gasteiger partial charge in [0.2, 0.25) is 5.91 Å². The number of amides is 1. The van der Waals surface area contributed by atoms with Gasteiger partial charge in [0, 0.05) is 17.8 Å². The number of aryl methyl sites for hydroxylation is 1. The van der Waals surface area contributed by atoms with Crippen LogP contribution in [0.5, 0.6) is 23.0 Å². The van der Waals surface area contributed by atoms with Crippen LogP contribution < -0.4 is 24.3 Å². The summed E-state index contributed by atoms with van der Waals surface area (Å²) in [5, 5.41) is 2.86. The van der Waals surface area contributed by atoms with E-state index in [1.807, 2.05) is 45.0 Å². The van der Waals surface area contributed by atoms with Crippen molar-refractivity contribution < 1.29 is 23.7 Å². The number of benzene rings is 2. The lowest BCUT2D eigenvalue weighted by atomic mass is 10.1. The average Bonchev–Trinajstić information content (AvgIpc) is 2.67. The highest BCUT2D eigenvalue weighted by Gasteiger charge is 2.10. The largest absolute Gasteiger partial charge is 0.493 e. The predicted octanol–water partition coefficient (Wildman–Crippen LogP) is 4.46. The lowest BCUT2D eigenvalue weighted by Crippen LogP contribution is -2.09. The van der Waals surface area contributed by atoms with Gasteiger partial charge in [0.15, 0.2) is 23.0 Å². The van der Waals surface area contributed by atoms with E-state index < -0.39 is 0 Å². The van der Waals surface area contributed by atoms with Gasteiger partial charge in [-0.05, 0) is 56.2 Å². The zero-order chi connectivity index (χ0) is 20.7. The number of hydrogen-bond acceptors (Lipinski definition) is 5. The van der Waals surface area contributed by atoms with Gasteiger partial charge in [-0.2, -0.15) is 0 Å². The Labute approximate surface area is 166 Å². The summed E-state index contributed by atoms with van der Waals surface area (Å²) < 4.78 is 21.6. The second kappa shape index (κ2) is 9.69. The zero-order valence-corrected chi connectivity index (χ0v) is 17.2. The molecule has 0 aromatic heterocycles. The molecule has 0 atom stereocenters. The molecule has 0 fully saturated rings.